The molecule has 1 fully saturated rings. The van der Waals surface area contributed by atoms with Gasteiger partial charge >= 0.3 is 0 Å². The first-order valence-electron chi connectivity index (χ1n) is 8.42. The van der Waals surface area contributed by atoms with Gasteiger partial charge in [-0.1, -0.05) is 25.9 Å². The quantitative estimate of drug-likeness (QED) is 0.838. The SMILES string of the molecule is Cc1nnc([C@@H](C)N2CCN(Cc3noc(C(C)(C)C)n3)CC2)o1. The first-order valence-corrected chi connectivity index (χ1v) is 8.42. The molecule has 2 aromatic rings. The standard InChI is InChI=1S/C16H26N6O2/c1-11(14-19-18-12(2)23-14)22-8-6-21(7-9-22)10-13-17-15(24-20-13)16(3,4)5/h11H,6-10H2,1-5H3/t11-/m1/s1. The highest BCUT2D eigenvalue weighted by Gasteiger charge is 2.27. The fourth-order valence-corrected chi connectivity index (χ4v) is 2.77. The van der Waals surface area contributed by atoms with Crippen LogP contribution in [0.3, 0.4) is 0 Å². The molecule has 1 aliphatic rings. The molecule has 0 spiro atoms. The van der Waals surface area contributed by atoms with Crippen LogP contribution >= 0.6 is 0 Å². The molecule has 1 aliphatic heterocycles. The summed E-state index contributed by atoms with van der Waals surface area (Å²) in [7, 11) is 0. The molecular formula is C16H26N6O2. The maximum Gasteiger partial charge on any atom is 0.233 e. The Hall–Kier alpha value is -1.80. The van der Waals surface area contributed by atoms with Gasteiger partial charge in [-0.2, -0.15) is 4.98 Å². The zero-order valence-corrected chi connectivity index (χ0v) is 15.1. The molecule has 0 amide bonds. The molecule has 8 heteroatoms. The lowest BCUT2D eigenvalue weighted by molar-refractivity contribution is 0.0851. The monoisotopic (exact) mass is 334 g/mol. The second-order valence-corrected chi connectivity index (χ2v) is 7.41. The molecule has 8 nitrogen and oxygen atoms in total. The van der Waals surface area contributed by atoms with Crippen LogP contribution in [0.5, 0.6) is 0 Å². The van der Waals surface area contributed by atoms with E-state index in [-0.39, 0.29) is 11.5 Å². The molecule has 0 aliphatic carbocycles. The van der Waals surface area contributed by atoms with Crippen LogP contribution in [-0.2, 0) is 12.0 Å². The van der Waals surface area contributed by atoms with Gasteiger partial charge in [-0.3, -0.25) is 9.80 Å². The summed E-state index contributed by atoms with van der Waals surface area (Å²) in [6.45, 7) is 14.7. The Bertz CT molecular complexity index is 666. The van der Waals surface area contributed by atoms with Crippen LogP contribution in [0.2, 0.25) is 0 Å². The normalized spacial score (nSPS) is 18.9. The molecule has 0 N–H and O–H groups in total. The Balaban J connectivity index is 1.53. The summed E-state index contributed by atoms with van der Waals surface area (Å²) in [4.78, 5) is 9.22. The van der Waals surface area contributed by atoms with Gasteiger partial charge in [-0.05, 0) is 6.92 Å². The van der Waals surface area contributed by atoms with Gasteiger partial charge in [0.05, 0.1) is 12.6 Å². The van der Waals surface area contributed by atoms with Crippen LogP contribution < -0.4 is 0 Å². The molecule has 0 saturated carbocycles. The molecular weight excluding hydrogens is 308 g/mol. The Morgan fingerprint density at radius 2 is 1.83 bits per heavy atom. The summed E-state index contributed by atoms with van der Waals surface area (Å²) in [6.07, 6.45) is 0. The maximum atomic E-state index is 5.55. The number of aromatic nitrogens is 4. The summed E-state index contributed by atoms with van der Waals surface area (Å²) in [5.41, 5.74) is -0.110. The number of nitrogens with zero attached hydrogens (tertiary/aromatic N) is 6. The second kappa shape index (κ2) is 6.60. The Morgan fingerprint density at radius 1 is 1.12 bits per heavy atom. The largest absolute Gasteiger partial charge is 0.424 e. The topological polar surface area (TPSA) is 84.3 Å². The molecule has 0 bridgehead atoms. The van der Waals surface area contributed by atoms with Crippen LogP contribution in [0.1, 0.15) is 57.2 Å². The first-order chi connectivity index (χ1) is 11.3. The van der Waals surface area contributed by atoms with Crippen molar-refractivity contribution in [3.8, 4) is 0 Å². The van der Waals surface area contributed by atoms with Crippen molar-refractivity contribution < 1.29 is 8.94 Å². The third kappa shape index (κ3) is 3.81. The molecule has 0 radical (unpaired) electrons. The van der Waals surface area contributed by atoms with E-state index >= 15 is 0 Å². The molecule has 1 saturated heterocycles. The van der Waals surface area contributed by atoms with Crippen LogP contribution in [0, 0.1) is 6.92 Å². The Labute approximate surface area is 142 Å². The van der Waals surface area contributed by atoms with Crippen molar-refractivity contribution >= 4 is 0 Å². The zero-order valence-electron chi connectivity index (χ0n) is 15.1. The lowest BCUT2D eigenvalue weighted by atomic mass is 9.97. The summed E-state index contributed by atoms with van der Waals surface area (Å²) < 4.78 is 10.9. The molecule has 24 heavy (non-hydrogen) atoms. The van der Waals surface area contributed by atoms with Gasteiger partial charge in [-0.25, -0.2) is 0 Å². The minimum atomic E-state index is -0.110. The van der Waals surface area contributed by atoms with E-state index in [1.807, 2.05) is 6.92 Å². The number of piperazine rings is 1. The van der Waals surface area contributed by atoms with Gasteiger partial charge in [0.2, 0.25) is 17.7 Å². The van der Waals surface area contributed by atoms with E-state index in [1.54, 1.807) is 0 Å². The number of rotatable bonds is 4. The first kappa shape index (κ1) is 17.0. The van der Waals surface area contributed by atoms with E-state index < -0.39 is 0 Å². The van der Waals surface area contributed by atoms with Gasteiger partial charge in [0, 0.05) is 38.5 Å². The summed E-state index contributed by atoms with van der Waals surface area (Å²) in [5, 5.41) is 12.2. The van der Waals surface area contributed by atoms with E-state index in [9.17, 15) is 0 Å². The van der Waals surface area contributed by atoms with Gasteiger partial charge < -0.3 is 8.94 Å². The maximum absolute atomic E-state index is 5.55. The third-order valence-electron chi connectivity index (χ3n) is 4.33. The molecule has 0 unspecified atom stereocenters. The minimum Gasteiger partial charge on any atom is -0.424 e. The van der Waals surface area contributed by atoms with Crippen molar-refractivity contribution in [2.75, 3.05) is 26.2 Å². The van der Waals surface area contributed by atoms with Crippen molar-refractivity contribution in [2.24, 2.45) is 0 Å². The molecule has 0 aromatic carbocycles. The highest BCUT2D eigenvalue weighted by Crippen LogP contribution is 2.22. The fraction of sp³-hybridized carbons (Fsp3) is 0.750. The van der Waals surface area contributed by atoms with Crippen molar-refractivity contribution in [1.29, 1.82) is 0 Å². The van der Waals surface area contributed by atoms with E-state index in [0.29, 0.717) is 17.7 Å². The van der Waals surface area contributed by atoms with Crippen molar-refractivity contribution in [3.63, 3.8) is 0 Å². The van der Waals surface area contributed by atoms with Crippen LogP contribution in [0.25, 0.3) is 0 Å². The minimum absolute atomic E-state index is 0.110. The summed E-state index contributed by atoms with van der Waals surface area (Å²) >= 11 is 0. The van der Waals surface area contributed by atoms with E-state index in [1.165, 1.54) is 0 Å². The predicted octanol–water partition coefficient (Wildman–Crippen LogP) is 1.94. The van der Waals surface area contributed by atoms with Crippen molar-refractivity contribution in [3.05, 3.63) is 23.5 Å². The molecule has 3 rings (SSSR count). The van der Waals surface area contributed by atoms with Crippen LogP contribution in [0.15, 0.2) is 8.94 Å². The average molecular weight is 334 g/mol. The average Bonchev–Trinajstić information content (AvgIpc) is 3.16. The van der Waals surface area contributed by atoms with E-state index in [0.717, 1.165) is 38.5 Å². The zero-order chi connectivity index (χ0) is 17.3. The lowest BCUT2D eigenvalue weighted by Crippen LogP contribution is -2.46. The molecule has 1 atom stereocenters. The van der Waals surface area contributed by atoms with Gasteiger partial charge in [-0.15, -0.1) is 10.2 Å². The Morgan fingerprint density at radius 3 is 2.38 bits per heavy atom. The molecule has 2 aromatic heterocycles. The van der Waals surface area contributed by atoms with E-state index in [2.05, 4.69) is 57.8 Å². The van der Waals surface area contributed by atoms with Gasteiger partial charge in [0.15, 0.2) is 5.82 Å². The van der Waals surface area contributed by atoms with E-state index in [4.69, 9.17) is 8.94 Å². The highest BCUT2D eigenvalue weighted by molar-refractivity contribution is 4.98. The number of hydrogen-bond acceptors (Lipinski definition) is 8. The molecule has 3 heterocycles. The van der Waals surface area contributed by atoms with Gasteiger partial charge in [0.25, 0.3) is 0 Å². The fourth-order valence-electron chi connectivity index (χ4n) is 2.77. The summed E-state index contributed by atoms with van der Waals surface area (Å²) in [6, 6.07) is 0.144. The number of hydrogen-bond donors (Lipinski definition) is 0. The molecule has 132 valence electrons. The third-order valence-corrected chi connectivity index (χ3v) is 4.33. The van der Waals surface area contributed by atoms with Crippen LogP contribution in [-0.4, -0.2) is 56.3 Å². The highest BCUT2D eigenvalue weighted by atomic mass is 16.5. The van der Waals surface area contributed by atoms with Crippen LogP contribution in [0.4, 0.5) is 0 Å². The Kier molecular flexibility index (Phi) is 4.69. The van der Waals surface area contributed by atoms with Gasteiger partial charge in [0.1, 0.15) is 0 Å². The van der Waals surface area contributed by atoms with Crippen molar-refractivity contribution in [1.82, 2.24) is 30.1 Å². The predicted molar refractivity (Wildman–Crippen MR) is 87.3 cm³/mol. The smallest absolute Gasteiger partial charge is 0.233 e. The summed E-state index contributed by atoms with van der Waals surface area (Å²) in [5.74, 6) is 2.75. The lowest BCUT2D eigenvalue weighted by Gasteiger charge is -2.36. The number of aryl methyl sites for hydroxylation is 1. The van der Waals surface area contributed by atoms with Crippen molar-refractivity contribution in [2.45, 2.75) is 52.6 Å². The second-order valence-electron chi connectivity index (χ2n) is 7.41.